The second-order valence-corrected chi connectivity index (χ2v) is 2.35. The summed E-state index contributed by atoms with van der Waals surface area (Å²) in [5.41, 5.74) is 0.996. The van der Waals surface area contributed by atoms with Gasteiger partial charge in [0, 0.05) is 5.69 Å². The smallest absolute Gasteiger partial charge is 0.183 e. The molecule has 2 heteroatoms. The molecule has 0 heterocycles. The maximum absolute atomic E-state index is 5.14. The van der Waals surface area contributed by atoms with Crippen LogP contribution in [-0.4, -0.2) is 6.61 Å². The zero-order valence-electron chi connectivity index (χ0n) is 7.21. The van der Waals surface area contributed by atoms with Crippen molar-refractivity contribution in [3.05, 3.63) is 42.8 Å². The van der Waals surface area contributed by atoms with Gasteiger partial charge in [-0.15, -0.1) is 0 Å². The largest absolute Gasteiger partial charge is 0.480 e. The molecule has 2 nitrogen and oxygen atoms in total. The zero-order valence-corrected chi connectivity index (χ0v) is 7.21. The minimum absolute atomic E-state index is 0.587. The van der Waals surface area contributed by atoms with E-state index in [0.29, 0.717) is 12.5 Å². The number of anilines is 1. The fourth-order valence-corrected chi connectivity index (χ4v) is 0.893. The maximum atomic E-state index is 5.14. The van der Waals surface area contributed by atoms with Crippen LogP contribution < -0.4 is 5.32 Å². The van der Waals surface area contributed by atoms with Gasteiger partial charge in [0.15, 0.2) is 5.88 Å². The highest BCUT2D eigenvalue weighted by Gasteiger charge is 1.92. The van der Waals surface area contributed by atoms with E-state index < -0.39 is 0 Å². The highest BCUT2D eigenvalue weighted by molar-refractivity contribution is 5.45. The predicted molar refractivity (Wildman–Crippen MR) is 50.8 cm³/mol. The number of benzene rings is 1. The maximum Gasteiger partial charge on any atom is 0.183 e. The SMILES string of the molecule is C=C(Nc1ccccc1)OCC. The van der Waals surface area contributed by atoms with Gasteiger partial charge in [0.05, 0.1) is 6.61 Å². The molecule has 0 aliphatic heterocycles. The highest BCUT2D eigenvalue weighted by Crippen LogP contribution is 2.07. The normalized spacial score (nSPS) is 9.08. The van der Waals surface area contributed by atoms with Crippen molar-refractivity contribution in [1.82, 2.24) is 0 Å². The molecule has 1 aromatic rings. The molecule has 1 rings (SSSR count). The number of hydrogen-bond donors (Lipinski definition) is 1. The monoisotopic (exact) mass is 163 g/mol. The Morgan fingerprint density at radius 2 is 2.08 bits per heavy atom. The van der Waals surface area contributed by atoms with Crippen molar-refractivity contribution in [2.45, 2.75) is 6.92 Å². The lowest BCUT2D eigenvalue weighted by Gasteiger charge is -2.08. The molecule has 0 aliphatic carbocycles. The fourth-order valence-electron chi connectivity index (χ4n) is 0.893. The van der Waals surface area contributed by atoms with Crippen LogP contribution in [0.1, 0.15) is 6.92 Å². The third-order valence-corrected chi connectivity index (χ3v) is 1.38. The summed E-state index contributed by atoms with van der Waals surface area (Å²) in [6.45, 7) is 6.27. The number of rotatable bonds is 4. The van der Waals surface area contributed by atoms with Gasteiger partial charge in [-0.1, -0.05) is 18.2 Å². The molecular formula is C10H13NO. The number of para-hydroxylation sites is 1. The first-order valence-corrected chi connectivity index (χ1v) is 3.96. The second kappa shape index (κ2) is 4.44. The lowest BCUT2D eigenvalue weighted by molar-refractivity contribution is 0.236. The molecule has 12 heavy (non-hydrogen) atoms. The summed E-state index contributed by atoms with van der Waals surface area (Å²) >= 11 is 0. The van der Waals surface area contributed by atoms with Gasteiger partial charge >= 0.3 is 0 Å². The van der Waals surface area contributed by atoms with Crippen LogP contribution in [0.5, 0.6) is 0 Å². The second-order valence-electron chi connectivity index (χ2n) is 2.35. The molecule has 0 atom stereocenters. The lowest BCUT2D eigenvalue weighted by atomic mass is 10.3. The Morgan fingerprint density at radius 3 is 2.67 bits per heavy atom. The van der Waals surface area contributed by atoms with Crippen LogP contribution in [0.4, 0.5) is 5.69 Å². The van der Waals surface area contributed by atoms with Gasteiger partial charge < -0.3 is 10.1 Å². The van der Waals surface area contributed by atoms with Crippen molar-refractivity contribution in [2.75, 3.05) is 11.9 Å². The number of ether oxygens (including phenoxy) is 1. The summed E-state index contributed by atoms with van der Waals surface area (Å²) in [6, 6.07) is 9.81. The molecule has 64 valence electrons. The van der Waals surface area contributed by atoms with Gasteiger partial charge in [-0.2, -0.15) is 0 Å². The predicted octanol–water partition coefficient (Wildman–Crippen LogP) is 2.61. The molecule has 0 aromatic heterocycles. The summed E-state index contributed by atoms with van der Waals surface area (Å²) in [5, 5.41) is 3.03. The number of hydrogen-bond acceptors (Lipinski definition) is 2. The van der Waals surface area contributed by atoms with E-state index in [2.05, 4.69) is 11.9 Å². The van der Waals surface area contributed by atoms with E-state index in [4.69, 9.17) is 4.74 Å². The molecule has 0 unspecified atom stereocenters. The third-order valence-electron chi connectivity index (χ3n) is 1.38. The minimum atomic E-state index is 0.587. The molecule has 0 amide bonds. The van der Waals surface area contributed by atoms with Crippen molar-refractivity contribution in [3.8, 4) is 0 Å². The van der Waals surface area contributed by atoms with E-state index in [-0.39, 0.29) is 0 Å². The summed E-state index contributed by atoms with van der Waals surface area (Å²) < 4.78 is 5.14. The van der Waals surface area contributed by atoms with Crippen molar-refractivity contribution in [1.29, 1.82) is 0 Å². The van der Waals surface area contributed by atoms with Gasteiger partial charge in [-0.3, -0.25) is 0 Å². The van der Waals surface area contributed by atoms with E-state index in [1.165, 1.54) is 0 Å². The first-order chi connectivity index (χ1) is 5.83. The molecular weight excluding hydrogens is 150 g/mol. The van der Waals surface area contributed by atoms with E-state index in [1.54, 1.807) is 0 Å². The summed E-state index contributed by atoms with van der Waals surface area (Å²) in [6.07, 6.45) is 0. The molecule has 0 fully saturated rings. The Labute approximate surface area is 72.9 Å². The Kier molecular flexibility index (Phi) is 3.20. The Hall–Kier alpha value is -1.44. The van der Waals surface area contributed by atoms with Crippen LogP contribution in [0, 0.1) is 0 Å². The quantitative estimate of drug-likeness (QED) is 0.689. The molecule has 0 radical (unpaired) electrons. The van der Waals surface area contributed by atoms with E-state index >= 15 is 0 Å². The van der Waals surface area contributed by atoms with Crippen LogP contribution in [0.15, 0.2) is 42.8 Å². The summed E-state index contributed by atoms with van der Waals surface area (Å²) in [7, 11) is 0. The van der Waals surface area contributed by atoms with Crippen LogP contribution in [0.3, 0.4) is 0 Å². The zero-order chi connectivity index (χ0) is 8.81. The van der Waals surface area contributed by atoms with E-state index in [9.17, 15) is 0 Å². The topological polar surface area (TPSA) is 21.3 Å². The fraction of sp³-hybridized carbons (Fsp3) is 0.200. The van der Waals surface area contributed by atoms with Crippen LogP contribution in [0.2, 0.25) is 0 Å². The molecule has 0 saturated heterocycles. The Morgan fingerprint density at radius 1 is 1.42 bits per heavy atom. The van der Waals surface area contributed by atoms with E-state index in [1.807, 2.05) is 37.3 Å². The minimum Gasteiger partial charge on any atom is -0.480 e. The van der Waals surface area contributed by atoms with Crippen molar-refractivity contribution in [2.24, 2.45) is 0 Å². The van der Waals surface area contributed by atoms with Gasteiger partial charge in [-0.05, 0) is 25.6 Å². The molecule has 0 bridgehead atoms. The first kappa shape index (κ1) is 8.65. The number of nitrogens with one attached hydrogen (secondary N) is 1. The average molecular weight is 163 g/mol. The van der Waals surface area contributed by atoms with Crippen LogP contribution in [-0.2, 0) is 4.74 Å². The third kappa shape index (κ3) is 2.66. The standard InChI is InChI=1S/C10H13NO/c1-3-12-9(2)11-10-7-5-4-6-8-10/h4-8,11H,2-3H2,1H3. The lowest BCUT2D eigenvalue weighted by Crippen LogP contribution is -2.01. The molecule has 0 spiro atoms. The van der Waals surface area contributed by atoms with Crippen LogP contribution in [0.25, 0.3) is 0 Å². The van der Waals surface area contributed by atoms with Crippen molar-refractivity contribution >= 4 is 5.69 Å². The molecule has 0 aliphatic rings. The highest BCUT2D eigenvalue weighted by atomic mass is 16.5. The summed E-state index contributed by atoms with van der Waals surface area (Å²) in [4.78, 5) is 0. The molecule has 0 saturated carbocycles. The average Bonchev–Trinajstić information content (AvgIpc) is 2.06. The molecule has 1 N–H and O–H groups in total. The molecule has 1 aromatic carbocycles. The van der Waals surface area contributed by atoms with Gasteiger partial charge in [0.25, 0.3) is 0 Å². The summed E-state index contributed by atoms with van der Waals surface area (Å²) in [5.74, 6) is 0.587. The Bertz CT molecular complexity index is 243. The Balaban J connectivity index is 2.47. The van der Waals surface area contributed by atoms with Crippen molar-refractivity contribution < 1.29 is 4.74 Å². The van der Waals surface area contributed by atoms with Gasteiger partial charge in [0.2, 0.25) is 0 Å². The van der Waals surface area contributed by atoms with Crippen LogP contribution >= 0.6 is 0 Å². The van der Waals surface area contributed by atoms with Gasteiger partial charge in [-0.25, -0.2) is 0 Å². The van der Waals surface area contributed by atoms with E-state index in [0.717, 1.165) is 5.69 Å². The first-order valence-electron chi connectivity index (χ1n) is 3.96. The van der Waals surface area contributed by atoms with Gasteiger partial charge in [0.1, 0.15) is 0 Å². The van der Waals surface area contributed by atoms with Crippen molar-refractivity contribution in [3.63, 3.8) is 0 Å².